The van der Waals surface area contributed by atoms with Crippen LogP contribution in [0.4, 0.5) is 5.13 Å². The number of imidazole rings is 1. The Hall–Kier alpha value is -1.64. The molecule has 22 heavy (non-hydrogen) atoms. The van der Waals surface area contributed by atoms with Crippen molar-refractivity contribution in [3.63, 3.8) is 0 Å². The maximum atomic E-state index is 4.99. The molecule has 0 spiro atoms. The van der Waals surface area contributed by atoms with E-state index in [0.717, 1.165) is 33.1 Å². The van der Waals surface area contributed by atoms with E-state index in [1.165, 1.54) is 5.56 Å². The summed E-state index contributed by atoms with van der Waals surface area (Å²) in [5.41, 5.74) is 3.24. The third-order valence-electron chi connectivity index (χ3n) is 2.98. The fourth-order valence-corrected chi connectivity index (χ4v) is 3.62. The van der Waals surface area contributed by atoms with Gasteiger partial charge in [0.1, 0.15) is 5.65 Å². The van der Waals surface area contributed by atoms with Gasteiger partial charge in [-0.25, -0.2) is 4.98 Å². The van der Waals surface area contributed by atoms with Crippen LogP contribution in [0.3, 0.4) is 0 Å². The number of rotatable bonds is 7. The Bertz CT molecular complexity index is 755. The molecule has 3 aromatic rings. The minimum atomic E-state index is 0.655. The van der Waals surface area contributed by atoms with Crippen molar-refractivity contribution in [3.05, 3.63) is 35.8 Å². The van der Waals surface area contributed by atoms with Gasteiger partial charge in [0.2, 0.25) is 5.13 Å². The van der Waals surface area contributed by atoms with E-state index in [-0.39, 0.29) is 0 Å². The molecule has 3 heterocycles. The second-order valence-electron chi connectivity index (χ2n) is 4.79. The number of aromatic nitrogens is 4. The molecule has 0 saturated heterocycles. The highest BCUT2D eigenvalue weighted by atomic mass is 32.2. The summed E-state index contributed by atoms with van der Waals surface area (Å²) >= 11 is 3.20. The molecule has 0 fully saturated rings. The summed E-state index contributed by atoms with van der Waals surface area (Å²) in [6.45, 7) is 3.47. The van der Waals surface area contributed by atoms with Crippen LogP contribution in [0.15, 0.2) is 28.9 Å². The minimum absolute atomic E-state index is 0.655. The molecule has 3 rings (SSSR count). The monoisotopic (exact) mass is 335 g/mol. The maximum absolute atomic E-state index is 4.99. The van der Waals surface area contributed by atoms with Gasteiger partial charge in [0, 0.05) is 31.8 Å². The molecular weight excluding hydrogens is 318 g/mol. The normalized spacial score (nSPS) is 11.2. The van der Waals surface area contributed by atoms with E-state index in [4.69, 9.17) is 4.74 Å². The van der Waals surface area contributed by atoms with E-state index in [2.05, 4.69) is 50.3 Å². The number of nitrogens with zero attached hydrogens (tertiary/aromatic N) is 4. The average molecular weight is 335 g/mol. The highest BCUT2D eigenvalue weighted by Crippen LogP contribution is 2.28. The fraction of sp³-hybridized carbons (Fsp3) is 0.357. The lowest BCUT2D eigenvalue weighted by Gasteiger charge is -1.98. The molecule has 0 atom stereocenters. The summed E-state index contributed by atoms with van der Waals surface area (Å²) in [6.07, 6.45) is 4.15. The van der Waals surface area contributed by atoms with Crippen molar-refractivity contribution in [1.29, 1.82) is 0 Å². The van der Waals surface area contributed by atoms with Gasteiger partial charge in [-0.05, 0) is 18.6 Å². The molecule has 116 valence electrons. The largest absolute Gasteiger partial charge is 0.383 e. The first kappa shape index (κ1) is 15.3. The zero-order valence-corrected chi connectivity index (χ0v) is 14.1. The minimum Gasteiger partial charge on any atom is -0.383 e. The molecule has 0 aromatic carbocycles. The van der Waals surface area contributed by atoms with E-state index < -0.39 is 0 Å². The second-order valence-corrected chi connectivity index (χ2v) is 6.99. The Morgan fingerprint density at radius 1 is 1.32 bits per heavy atom. The number of nitrogens with one attached hydrogen (secondary N) is 1. The molecule has 8 heteroatoms. The maximum Gasteiger partial charge on any atom is 0.206 e. The Balaban J connectivity index is 1.59. The zero-order chi connectivity index (χ0) is 15.4. The number of fused-ring (bicyclic) bond motifs is 1. The summed E-state index contributed by atoms with van der Waals surface area (Å²) in [5.74, 6) is 0.785. The van der Waals surface area contributed by atoms with Crippen molar-refractivity contribution in [1.82, 2.24) is 19.6 Å². The van der Waals surface area contributed by atoms with E-state index in [0.29, 0.717) is 6.61 Å². The Morgan fingerprint density at radius 3 is 3.09 bits per heavy atom. The molecular formula is C14H17N5OS2. The molecule has 0 amide bonds. The molecule has 0 bridgehead atoms. The molecule has 3 aromatic heterocycles. The van der Waals surface area contributed by atoms with E-state index in [1.807, 2.05) is 6.07 Å². The van der Waals surface area contributed by atoms with Crippen LogP contribution >= 0.6 is 23.1 Å². The van der Waals surface area contributed by atoms with Crippen molar-refractivity contribution in [2.75, 3.05) is 25.6 Å². The van der Waals surface area contributed by atoms with E-state index >= 15 is 0 Å². The van der Waals surface area contributed by atoms with Crippen LogP contribution in [0.1, 0.15) is 11.3 Å². The van der Waals surface area contributed by atoms with Crippen LogP contribution in [-0.2, 0) is 10.5 Å². The first-order chi connectivity index (χ1) is 10.7. The summed E-state index contributed by atoms with van der Waals surface area (Å²) in [6, 6.07) is 4.11. The number of methoxy groups -OCH3 is 1. The van der Waals surface area contributed by atoms with Gasteiger partial charge in [-0.15, -0.1) is 10.2 Å². The van der Waals surface area contributed by atoms with Gasteiger partial charge < -0.3 is 14.5 Å². The first-order valence-corrected chi connectivity index (χ1v) is 8.68. The lowest BCUT2D eigenvalue weighted by atomic mass is 10.3. The Labute approximate surface area is 136 Å². The van der Waals surface area contributed by atoms with Crippen molar-refractivity contribution >= 4 is 33.9 Å². The lowest BCUT2D eigenvalue weighted by molar-refractivity contribution is 0.211. The quantitative estimate of drug-likeness (QED) is 0.529. The van der Waals surface area contributed by atoms with Gasteiger partial charge in [0.05, 0.1) is 12.3 Å². The van der Waals surface area contributed by atoms with Crippen molar-refractivity contribution in [2.45, 2.75) is 17.0 Å². The molecule has 0 aliphatic heterocycles. The number of anilines is 1. The lowest BCUT2D eigenvalue weighted by Crippen LogP contribution is -2.06. The SMILES string of the molecule is COCCNc1nnc(SCc2cn3cc(C)ccc3n2)s1. The summed E-state index contributed by atoms with van der Waals surface area (Å²) in [7, 11) is 1.68. The number of hydrogen-bond acceptors (Lipinski definition) is 7. The smallest absolute Gasteiger partial charge is 0.206 e. The van der Waals surface area contributed by atoms with Crippen LogP contribution in [0.2, 0.25) is 0 Å². The summed E-state index contributed by atoms with van der Waals surface area (Å²) < 4.78 is 7.99. The highest BCUT2D eigenvalue weighted by Gasteiger charge is 2.07. The summed E-state index contributed by atoms with van der Waals surface area (Å²) in [5, 5.41) is 12.3. The summed E-state index contributed by atoms with van der Waals surface area (Å²) in [4.78, 5) is 4.60. The highest BCUT2D eigenvalue weighted by molar-refractivity contribution is 8.00. The number of hydrogen-bond donors (Lipinski definition) is 1. The van der Waals surface area contributed by atoms with Gasteiger partial charge in [-0.3, -0.25) is 0 Å². The van der Waals surface area contributed by atoms with Gasteiger partial charge in [-0.1, -0.05) is 29.2 Å². The van der Waals surface area contributed by atoms with Crippen LogP contribution in [0.25, 0.3) is 5.65 Å². The molecule has 0 aliphatic carbocycles. The van der Waals surface area contributed by atoms with Crippen molar-refractivity contribution in [3.8, 4) is 0 Å². The number of aryl methyl sites for hydroxylation is 1. The Kier molecular flexibility index (Phi) is 4.91. The van der Waals surface area contributed by atoms with Crippen molar-refractivity contribution in [2.24, 2.45) is 0 Å². The van der Waals surface area contributed by atoms with Crippen LogP contribution < -0.4 is 5.32 Å². The zero-order valence-electron chi connectivity index (χ0n) is 12.4. The number of pyridine rings is 1. The van der Waals surface area contributed by atoms with E-state index in [1.54, 1.807) is 30.2 Å². The average Bonchev–Trinajstić information content (AvgIpc) is 3.11. The molecule has 0 aliphatic rings. The standard InChI is InChI=1S/C14H17N5OS2/c1-10-3-4-12-16-11(8-19(12)7-10)9-21-14-18-17-13(22-14)15-5-6-20-2/h3-4,7-8H,5-6,9H2,1-2H3,(H,15,17). The molecule has 0 saturated carbocycles. The van der Waals surface area contributed by atoms with Gasteiger partial charge in [0.15, 0.2) is 4.34 Å². The van der Waals surface area contributed by atoms with Crippen molar-refractivity contribution < 1.29 is 4.74 Å². The van der Waals surface area contributed by atoms with Gasteiger partial charge >= 0.3 is 0 Å². The second kappa shape index (κ2) is 7.08. The predicted octanol–water partition coefficient (Wildman–Crippen LogP) is 2.84. The number of thioether (sulfide) groups is 1. The molecule has 0 radical (unpaired) electrons. The molecule has 6 nitrogen and oxygen atoms in total. The van der Waals surface area contributed by atoms with Gasteiger partial charge in [-0.2, -0.15) is 0 Å². The third-order valence-corrected chi connectivity index (χ3v) is 5.03. The predicted molar refractivity (Wildman–Crippen MR) is 89.8 cm³/mol. The first-order valence-electron chi connectivity index (χ1n) is 6.88. The fourth-order valence-electron chi connectivity index (χ4n) is 1.96. The number of ether oxygens (including phenoxy) is 1. The van der Waals surface area contributed by atoms with E-state index in [9.17, 15) is 0 Å². The van der Waals surface area contributed by atoms with Crippen LogP contribution in [0, 0.1) is 6.92 Å². The molecule has 0 unspecified atom stereocenters. The molecule has 1 N–H and O–H groups in total. The van der Waals surface area contributed by atoms with Gasteiger partial charge in [0.25, 0.3) is 0 Å². The van der Waals surface area contributed by atoms with Crippen LogP contribution in [0.5, 0.6) is 0 Å². The Morgan fingerprint density at radius 2 is 2.23 bits per heavy atom. The van der Waals surface area contributed by atoms with Crippen LogP contribution in [-0.4, -0.2) is 39.8 Å². The topological polar surface area (TPSA) is 64.3 Å². The third kappa shape index (κ3) is 3.76.